The molecule has 8 atom stereocenters. The number of hydrogen-bond donors (Lipinski definition) is 0. The molecule has 6 heteroatoms. The highest BCUT2D eigenvalue weighted by atomic mass is 16.6. The van der Waals surface area contributed by atoms with E-state index in [1.165, 1.54) is 25.0 Å². The maximum Gasteiger partial charge on any atom is 0.310 e. The van der Waals surface area contributed by atoms with Crippen LogP contribution in [0.3, 0.4) is 0 Å². The number of fused-ring (bicyclic) bond motifs is 7. The molecule has 1 aromatic heterocycles. The molecule has 1 aromatic rings. The first-order valence-corrected chi connectivity index (χ1v) is 12.7. The van der Waals surface area contributed by atoms with Crippen molar-refractivity contribution in [1.29, 1.82) is 0 Å². The summed E-state index contributed by atoms with van der Waals surface area (Å²) in [6, 6.07) is 5.69. The molecule has 5 fully saturated rings. The molecule has 2 bridgehead atoms. The van der Waals surface area contributed by atoms with Crippen LogP contribution in [0.5, 0.6) is 0 Å². The van der Waals surface area contributed by atoms with E-state index in [2.05, 4.69) is 17.9 Å². The normalized spacial score (nSPS) is 46.8. The summed E-state index contributed by atoms with van der Waals surface area (Å²) in [7, 11) is 0. The third-order valence-corrected chi connectivity index (χ3v) is 10.1. The van der Waals surface area contributed by atoms with Crippen molar-refractivity contribution in [2.45, 2.75) is 69.6 Å². The summed E-state index contributed by atoms with van der Waals surface area (Å²) in [6.45, 7) is 6.87. The number of pyridine rings is 1. The van der Waals surface area contributed by atoms with Crippen molar-refractivity contribution in [2.24, 2.45) is 29.1 Å². The standard InChI is InChI=1S/C26H34N2O4/c1-25-6-3-7-26(15-31-26)22(25)9-18-19(24(30)32-21(18)10-25)14-27-11-16-8-17(13-27)20-4-2-5-23(29)28(20)12-16/h2,4-5,16-19,21-22H,3,6-15H2,1H3/t16-,17+,18-,19?,21-,22-,25-,26?/m1/s1. The van der Waals surface area contributed by atoms with Gasteiger partial charge in [0.05, 0.1) is 18.1 Å². The van der Waals surface area contributed by atoms with Crippen molar-refractivity contribution in [2.75, 3.05) is 26.2 Å². The molecule has 7 rings (SSSR count). The van der Waals surface area contributed by atoms with Gasteiger partial charge in [-0.25, -0.2) is 0 Å². The summed E-state index contributed by atoms with van der Waals surface area (Å²) in [5.74, 6) is 1.80. The van der Waals surface area contributed by atoms with Crippen LogP contribution < -0.4 is 5.56 Å². The monoisotopic (exact) mass is 438 g/mol. The van der Waals surface area contributed by atoms with Crippen molar-refractivity contribution in [3.8, 4) is 0 Å². The zero-order valence-electron chi connectivity index (χ0n) is 19.0. The van der Waals surface area contributed by atoms with Gasteiger partial charge in [0.2, 0.25) is 0 Å². The number of rotatable bonds is 2. The summed E-state index contributed by atoms with van der Waals surface area (Å²) < 4.78 is 14.1. The van der Waals surface area contributed by atoms with Gasteiger partial charge in [0.1, 0.15) is 6.10 Å². The number of aromatic nitrogens is 1. The average Bonchev–Trinajstić information content (AvgIpc) is 3.46. The van der Waals surface area contributed by atoms with Crippen LogP contribution in [0.25, 0.3) is 0 Å². The van der Waals surface area contributed by atoms with Gasteiger partial charge in [0, 0.05) is 49.8 Å². The molecule has 1 spiro atoms. The van der Waals surface area contributed by atoms with Gasteiger partial charge >= 0.3 is 5.97 Å². The van der Waals surface area contributed by atoms with Gasteiger partial charge in [-0.3, -0.25) is 9.59 Å². The lowest BCUT2D eigenvalue weighted by Gasteiger charge is -2.52. The zero-order chi connectivity index (χ0) is 21.7. The van der Waals surface area contributed by atoms with E-state index in [4.69, 9.17) is 9.47 Å². The number of nitrogens with zero attached hydrogens (tertiary/aromatic N) is 2. The van der Waals surface area contributed by atoms with Crippen LogP contribution in [0.2, 0.25) is 0 Å². The number of hydrogen-bond acceptors (Lipinski definition) is 5. The van der Waals surface area contributed by atoms with E-state index in [9.17, 15) is 9.59 Å². The van der Waals surface area contributed by atoms with Crippen LogP contribution in [0.4, 0.5) is 0 Å². The van der Waals surface area contributed by atoms with Gasteiger partial charge in [-0.05, 0) is 61.8 Å². The number of epoxide rings is 1. The van der Waals surface area contributed by atoms with Crippen molar-refractivity contribution in [3.05, 3.63) is 34.2 Å². The van der Waals surface area contributed by atoms with E-state index >= 15 is 0 Å². The number of carbonyl (C=O) groups is 1. The Bertz CT molecular complexity index is 1020. The van der Waals surface area contributed by atoms with Crippen LogP contribution >= 0.6 is 0 Å². The van der Waals surface area contributed by atoms with Gasteiger partial charge in [-0.1, -0.05) is 13.0 Å². The largest absolute Gasteiger partial charge is 0.462 e. The molecule has 3 saturated heterocycles. The Kier molecular flexibility index (Phi) is 4.14. The van der Waals surface area contributed by atoms with Gasteiger partial charge in [0.15, 0.2) is 0 Å². The molecule has 4 aliphatic heterocycles. The Morgan fingerprint density at radius 1 is 1.12 bits per heavy atom. The number of carbonyl (C=O) groups excluding carboxylic acids is 1. The number of ether oxygens (including phenoxy) is 2. The number of likely N-dealkylation sites (tertiary alicyclic amines) is 1. The first-order chi connectivity index (χ1) is 15.4. The minimum Gasteiger partial charge on any atom is -0.462 e. The molecule has 172 valence electrons. The SMILES string of the molecule is C[C@]12CCCC3(CO3)[C@@H]1C[C@@H]1C(CN3C[C@H]4C[C@@H](C3)c3cccc(=O)n3C4)C(=O)O[C@@H]1C2. The fourth-order valence-electron chi connectivity index (χ4n) is 8.59. The predicted octanol–water partition coefficient (Wildman–Crippen LogP) is 2.79. The van der Waals surface area contributed by atoms with Crippen LogP contribution in [-0.2, 0) is 20.8 Å². The molecule has 0 N–H and O–H groups in total. The van der Waals surface area contributed by atoms with E-state index in [-0.39, 0.29) is 34.6 Å². The second kappa shape index (κ2) is 6.69. The summed E-state index contributed by atoms with van der Waals surface area (Å²) >= 11 is 0. The molecule has 0 aromatic carbocycles. The van der Waals surface area contributed by atoms with E-state index in [1.54, 1.807) is 6.07 Å². The highest BCUT2D eigenvalue weighted by molar-refractivity contribution is 5.75. The van der Waals surface area contributed by atoms with Crippen LogP contribution in [0.15, 0.2) is 23.0 Å². The maximum absolute atomic E-state index is 13.1. The first kappa shape index (κ1) is 19.8. The van der Waals surface area contributed by atoms with Gasteiger partial charge < -0.3 is 18.9 Å². The lowest BCUT2D eigenvalue weighted by atomic mass is 9.53. The van der Waals surface area contributed by atoms with Crippen molar-refractivity contribution >= 4 is 5.97 Å². The third kappa shape index (κ3) is 2.84. The smallest absolute Gasteiger partial charge is 0.310 e. The Morgan fingerprint density at radius 3 is 2.84 bits per heavy atom. The third-order valence-electron chi connectivity index (χ3n) is 10.1. The number of piperidine rings is 1. The fourth-order valence-corrected chi connectivity index (χ4v) is 8.59. The van der Waals surface area contributed by atoms with Crippen LogP contribution in [0, 0.1) is 29.1 Å². The van der Waals surface area contributed by atoms with Gasteiger partial charge in [-0.2, -0.15) is 0 Å². The predicted molar refractivity (Wildman–Crippen MR) is 118 cm³/mol. The van der Waals surface area contributed by atoms with Gasteiger partial charge in [0.25, 0.3) is 5.56 Å². The quantitative estimate of drug-likeness (QED) is 0.525. The molecule has 0 radical (unpaired) electrons. The van der Waals surface area contributed by atoms with E-state index < -0.39 is 0 Å². The molecular formula is C26H34N2O4. The molecule has 5 heterocycles. The van der Waals surface area contributed by atoms with Gasteiger partial charge in [-0.15, -0.1) is 0 Å². The molecular weight excluding hydrogens is 404 g/mol. The van der Waals surface area contributed by atoms with E-state index in [0.717, 1.165) is 52.0 Å². The first-order valence-electron chi connectivity index (χ1n) is 12.7. The van der Waals surface area contributed by atoms with Crippen molar-refractivity contribution < 1.29 is 14.3 Å². The summed E-state index contributed by atoms with van der Waals surface area (Å²) in [4.78, 5) is 27.9. The lowest BCUT2D eigenvalue weighted by Crippen LogP contribution is -2.52. The van der Waals surface area contributed by atoms with Crippen molar-refractivity contribution in [1.82, 2.24) is 9.47 Å². The molecule has 6 nitrogen and oxygen atoms in total. The fraction of sp³-hybridized carbons (Fsp3) is 0.769. The Hall–Kier alpha value is -1.66. The molecule has 2 unspecified atom stereocenters. The van der Waals surface area contributed by atoms with E-state index in [0.29, 0.717) is 23.7 Å². The number of esters is 1. The average molecular weight is 439 g/mol. The van der Waals surface area contributed by atoms with Crippen LogP contribution in [-0.4, -0.2) is 53.4 Å². The second-order valence-corrected chi connectivity index (χ2v) is 12.0. The topological polar surface area (TPSA) is 64.1 Å². The Morgan fingerprint density at radius 2 is 2.00 bits per heavy atom. The minimum absolute atomic E-state index is 0.0148. The minimum atomic E-state index is -0.0148. The summed E-state index contributed by atoms with van der Waals surface area (Å²) in [5, 5.41) is 0. The molecule has 6 aliphatic rings. The molecule has 32 heavy (non-hydrogen) atoms. The molecule has 0 amide bonds. The molecule has 2 aliphatic carbocycles. The van der Waals surface area contributed by atoms with Crippen LogP contribution in [0.1, 0.15) is 57.1 Å². The maximum atomic E-state index is 13.1. The molecule has 2 saturated carbocycles. The summed E-state index contributed by atoms with van der Waals surface area (Å²) in [6.07, 6.45) is 7.00. The lowest BCUT2D eigenvalue weighted by molar-refractivity contribution is -0.147. The van der Waals surface area contributed by atoms with E-state index in [1.807, 2.05) is 10.6 Å². The highest BCUT2D eigenvalue weighted by Gasteiger charge is 2.65. The van der Waals surface area contributed by atoms with Crippen molar-refractivity contribution in [3.63, 3.8) is 0 Å². The summed E-state index contributed by atoms with van der Waals surface area (Å²) in [5.41, 5.74) is 1.66. The Labute approximate surface area is 189 Å². The Balaban J connectivity index is 1.11. The highest BCUT2D eigenvalue weighted by Crippen LogP contribution is 2.62. The zero-order valence-corrected chi connectivity index (χ0v) is 19.0. The second-order valence-electron chi connectivity index (χ2n) is 12.0.